The van der Waals surface area contributed by atoms with Crippen LogP contribution >= 0.6 is 0 Å². The number of ether oxygens (including phenoxy) is 2. The van der Waals surface area contributed by atoms with Gasteiger partial charge in [0.1, 0.15) is 11.5 Å². The Kier molecular flexibility index (Phi) is 6.81. The number of rotatable bonds is 8. The van der Waals surface area contributed by atoms with Gasteiger partial charge in [-0.3, -0.25) is 4.79 Å². The van der Waals surface area contributed by atoms with Gasteiger partial charge in [0, 0.05) is 5.69 Å². The number of amides is 1. The first kappa shape index (κ1) is 20.7. The van der Waals surface area contributed by atoms with E-state index in [-0.39, 0.29) is 4.90 Å². The van der Waals surface area contributed by atoms with Crippen molar-refractivity contribution in [2.24, 2.45) is 0 Å². The molecule has 0 aliphatic heterocycles. The minimum Gasteiger partial charge on any atom is -0.496 e. The maximum absolute atomic E-state index is 12.5. The summed E-state index contributed by atoms with van der Waals surface area (Å²) in [5.41, 5.74) is 1.24. The van der Waals surface area contributed by atoms with E-state index in [1.807, 2.05) is 6.92 Å². The summed E-state index contributed by atoms with van der Waals surface area (Å²) in [7, 11) is -2.33. The summed E-state index contributed by atoms with van der Waals surface area (Å²) in [6.07, 6.45) is 0. The lowest BCUT2D eigenvalue weighted by atomic mass is 10.2. The molecule has 1 unspecified atom stereocenters. The highest BCUT2D eigenvalue weighted by Crippen LogP contribution is 2.21. The average molecular weight is 392 g/mol. The van der Waals surface area contributed by atoms with E-state index in [9.17, 15) is 13.2 Å². The average Bonchev–Trinajstić information content (AvgIpc) is 2.63. The second-order valence-corrected chi connectivity index (χ2v) is 7.64. The van der Waals surface area contributed by atoms with Gasteiger partial charge < -0.3 is 14.8 Å². The summed E-state index contributed by atoms with van der Waals surface area (Å²) in [5, 5.41) is 2.67. The third kappa shape index (κ3) is 5.45. The summed E-state index contributed by atoms with van der Waals surface area (Å²) in [6.45, 7) is 5.67. The summed E-state index contributed by atoms with van der Waals surface area (Å²) >= 11 is 0. The summed E-state index contributed by atoms with van der Waals surface area (Å²) < 4.78 is 37.9. The first-order valence-corrected chi connectivity index (χ1v) is 9.96. The molecule has 0 heterocycles. The second-order valence-electron chi connectivity index (χ2n) is 5.92. The molecular formula is C19H24N2O5S. The maximum Gasteiger partial charge on any atom is 0.242 e. The Morgan fingerprint density at radius 2 is 1.81 bits per heavy atom. The molecule has 0 saturated heterocycles. The molecule has 0 spiro atoms. The van der Waals surface area contributed by atoms with Gasteiger partial charge in [0.2, 0.25) is 15.9 Å². The molecule has 0 fully saturated rings. The van der Waals surface area contributed by atoms with Crippen molar-refractivity contribution < 1.29 is 22.7 Å². The van der Waals surface area contributed by atoms with Gasteiger partial charge >= 0.3 is 0 Å². The van der Waals surface area contributed by atoms with Gasteiger partial charge in [-0.25, -0.2) is 8.42 Å². The van der Waals surface area contributed by atoms with Crippen LogP contribution in [0.2, 0.25) is 0 Å². The van der Waals surface area contributed by atoms with Crippen molar-refractivity contribution in [3.05, 3.63) is 48.0 Å². The van der Waals surface area contributed by atoms with Crippen LogP contribution in [0.25, 0.3) is 0 Å². The SMILES string of the molecule is CCOc1ccc(NC(=O)C(C)NS(=O)(=O)c2ccc(OC)c(C)c2)cc1. The minimum atomic E-state index is -3.84. The number of nitrogens with one attached hydrogen (secondary N) is 2. The van der Waals surface area contributed by atoms with Gasteiger partial charge in [-0.05, 0) is 68.8 Å². The molecular weight excluding hydrogens is 368 g/mol. The van der Waals surface area contributed by atoms with Crippen LogP contribution in [0.5, 0.6) is 11.5 Å². The van der Waals surface area contributed by atoms with Gasteiger partial charge in [0.25, 0.3) is 0 Å². The van der Waals surface area contributed by atoms with E-state index in [1.165, 1.54) is 26.2 Å². The Hall–Kier alpha value is -2.58. The lowest BCUT2D eigenvalue weighted by Crippen LogP contribution is -2.41. The standard InChI is InChI=1S/C19H24N2O5S/c1-5-26-16-8-6-15(7-9-16)20-19(22)14(3)21-27(23,24)17-10-11-18(25-4)13(2)12-17/h6-12,14,21H,5H2,1-4H3,(H,20,22). The number of hydrogen-bond acceptors (Lipinski definition) is 5. The van der Waals surface area contributed by atoms with Crippen molar-refractivity contribution in [3.8, 4) is 11.5 Å². The van der Waals surface area contributed by atoms with Crippen LogP contribution < -0.4 is 19.5 Å². The van der Waals surface area contributed by atoms with Gasteiger partial charge in [-0.2, -0.15) is 4.72 Å². The van der Waals surface area contributed by atoms with Crippen molar-refractivity contribution in [3.63, 3.8) is 0 Å². The first-order chi connectivity index (χ1) is 12.8. The van der Waals surface area contributed by atoms with Crippen molar-refractivity contribution in [2.75, 3.05) is 19.0 Å². The molecule has 146 valence electrons. The van der Waals surface area contributed by atoms with Crippen LogP contribution in [-0.2, 0) is 14.8 Å². The number of aryl methyl sites for hydroxylation is 1. The van der Waals surface area contributed by atoms with Crippen molar-refractivity contribution in [1.29, 1.82) is 0 Å². The quantitative estimate of drug-likeness (QED) is 0.720. The van der Waals surface area contributed by atoms with Gasteiger partial charge in [-0.1, -0.05) is 0 Å². The molecule has 8 heteroatoms. The number of hydrogen-bond donors (Lipinski definition) is 2. The molecule has 0 aromatic heterocycles. The van der Waals surface area contributed by atoms with Crippen molar-refractivity contribution in [2.45, 2.75) is 31.7 Å². The number of methoxy groups -OCH3 is 1. The molecule has 1 atom stereocenters. The van der Waals surface area contributed by atoms with Gasteiger partial charge in [0.15, 0.2) is 0 Å². The van der Waals surface area contributed by atoms with Crippen LogP contribution in [0.3, 0.4) is 0 Å². The molecule has 0 saturated carbocycles. The zero-order valence-electron chi connectivity index (χ0n) is 15.8. The third-order valence-corrected chi connectivity index (χ3v) is 5.37. The van der Waals surface area contributed by atoms with E-state index in [4.69, 9.17) is 9.47 Å². The molecule has 0 aliphatic rings. The number of sulfonamides is 1. The largest absolute Gasteiger partial charge is 0.496 e. The molecule has 2 N–H and O–H groups in total. The molecule has 1 amide bonds. The Balaban J connectivity index is 2.05. The zero-order valence-corrected chi connectivity index (χ0v) is 16.6. The normalized spacial score (nSPS) is 12.3. The Labute approximate surface area is 159 Å². The fraction of sp³-hybridized carbons (Fsp3) is 0.316. The minimum absolute atomic E-state index is 0.0708. The molecule has 7 nitrogen and oxygen atoms in total. The molecule has 0 aliphatic carbocycles. The Morgan fingerprint density at radius 3 is 2.37 bits per heavy atom. The number of carbonyl (C=O) groups is 1. The van der Waals surface area contributed by atoms with E-state index < -0.39 is 22.0 Å². The lowest BCUT2D eigenvalue weighted by molar-refractivity contribution is -0.117. The Bertz CT molecular complexity index is 895. The van der Waals surface area contributed by atoms with E-state index in [0.29, 0.717) is 29.4 Å². The monoisotopic (exact) mass is 392 g/mol. The molecule has 0 bridgehead atoms. The smallest absolute Gasteiger partial charge is 0.242 e. The van der Waals surface area contributed by atoms with Crippen LogP contribution in [0, 0.1) is 6.92 Å². The molecule has 2 aromatic rings. The highest BCUT2D eigenvalue weighted by atomic mass is 32.2. The number of carbonyl (C=O) groups excluding carboxylic acids is 1. The third-order valence-electron chi connectivity index (χ3n) is 3.83. The van der Waals surface area contributed by atoms with Crippen LogP contribution in [0.1, 0.15) is 19.4 Å². The second kappa shape index (κ2) is 8.88. The van der Waals surface area contributed by atoms with E-state index in [1.54, 1.807) is 37.3 Å². The fourth-order valence-corrected chi connectivity index (χ4v) is 3.71. The Morgan fingerprint density at radius 1 is 1.15 bits per heavy atom. The molecule has 0 radical (unpaired) electrons. The summed E-state index contributed by atoms with van der Waals surface area (Å²) in [5.74, 6) is 0.822. The first-order valence-electron chi connectivity index (χ1n) is 8.47. The highest BCUT2D eigenvalue weighted by molar-refractivity contribution is 7.89. The van der Waals surface area contributed by atoms with Gasteiger partial charge in [-0.15, -0.1) is 0 Å². The predicted octanol–water partition coefficient (Wildman–Crippen LogP) is 2.71. The molecule has 2 rings (SSSR count). The van der Waals surface area contributed by atoms with Crippen LogP contribution in [-0.4, -0.2) is 34.1 Å². The van der Waals surface area contributed by atoms with E-state index >= 15 is 0 Å². The van der Waals surface area contributed by atoms with Crippen molar-refractivity contribution >= 4 is 21.6 Å². The van der Waals surface area contributed by atoms with E-state index in [2.05, 4.69) is 10.0 Å². The fourth-order valence-electron chi connectivity index (χ4n) is 2.42. The summed E-state index contributed by atoms with van der Waals surface area (Å²) in [6, 6.07) is 10.4. The molecule has 27 heavy (non-hydrogen) atoms. The van der Waals surface area contributed by atoms with Gasteiger partial charge in [0.05, 0.1) is 24.7 Å². The number of benzene rings is 2. The maximum atomic E-state index is 12.5. The number of anilines is 1. The summed E-state index contributed by atoms with van der Waals surface area (Å²) in [4.78, 5) is 12.4. The van der Waals surface area contributed by atoms with E-state index in [0.717, 1.165) is 0 Å². The highest BCUT2D eigenvalue weighted by Gasteiger charge is 2.22. The zero-order chi connectivity index (χ0) is 20.0. The van der Waals surface area contributed by atoms with Crippen LogP contribution in [0.15, 0.2) is 47.4 Å². The van der Waals surface area contributed by atoms with Crippen molar-refractivity contribution in [1.82, 2.24) is 4.72 Å². The molecule has 2 aromatic carbocycles. The predicted molar refractivity (Wildman–Crippen MR) is 104 cm³/mol. The van der Waals surface area contributed by atoms with Crippen LogP contribution in [0.4, 0.5) is 5.69 Å². The lowest BCUT2D eigenvalue weighted by Gasteiger charge is -2.15. The topological polar surface area (TPSA) is 93.7 Å².